The number of nitrogens with zero attached hydrogens (tertiary/aromatic N) is 2. The summed E-state index contributed by atoms with van der Waals surface area (Å²) in [6, 6.07) is 0. The van der Waals surface area contributed by atoms with Crippen LogP contribution in [-0.2, 0) is 0 Å². The summed E-state index contributed by atoms with van der Waals surface area (Å²) in [5, 5.41) is 6.86. The molecular weight excluding hydrogens is 136 g/mol. The standard InChI is InChI=1S/C5H8N2O3/c1-3-9-5-4(8-2)6-10-7-5/h3H2,1-2H3. The minimum Gasteiger partial charge on any atom is -0.475 e. The molecule has 1 heterocycles. The van der Waals surface area contributed by atoms with Gasteiger partial charge in [0.15, 0.2) is 0 Å². The summed E-state index contributed by atoms with van der Waals surface area (Å²) in [5.74, 6) is 0.576. The first-order chi connectivity index (χ1) is 4.88. The van der Waals surface area contributed by atoms with Gasteiger partial charge in [-0.25, -0.2) is 4.63 Å². The molecule has 1 aromatic heterocycles. The van der Waals surface area contributed by atoms with Crippen LogP contribution in [0.2, 0.25) is 0 Å². The molecule has 0 aliphatic carbocycles. The Morgan fingerprint density at radius 1 is 1.40 bits per heavy atom. The van der Waals surface area contributed by atoms with Gasteiger partial charge in [-0.1, -0.05) is 0 Å². The number of rotatable bonds is 3. The molecule has 1 rings (SSSR count). The van der Waals surface area contributed by atoms with Gasteiger partial charge in [0.25, 0.3) is 0 Å². The van der Waals surface area contributed by atoms with Crippen molar-refractivity contribution >= 4 is 0 Å². The molecule has 0 radical (unpaired) electrons. The van der Waals surface area contributed by atoms with Crippen LogP contribution < -0.4 is 9.47 Å². The van der Waals surface area contributed by atoms with Crippen molar-refractivity contribution in [3.63, 3.8) is 0 Å². The van der Waals surface area contributed by atoms with Crippen molar-refractivity contribution in [2.24, 2.45) is 0 Å². The molecule has 5 heteroatoms. The number of hydrogen-bond acceptors (Lipinski definition) is 5. The van der Waals surface area contributed by atoms with Gasteiger partial charge in [0, 0.05) is 0 Å². The van der Waals surface area contributed by atoms with Crippen molar-refractivity contribution in [1.82, 2.24) is 10.3 Å². The topological polar surface area (TPSA) is 57.4 Å². The first kappa shape index (κ1) is 6.85. The van der Waals surface area contributed by atoms with Crippen LogP contribution >= 0.6 is 0 Å². The third-order valence-electron chi connectivity index (χ3n) is 0.905. The molecule has 0 N–H and O–H groups in total. The lowest BCUT2D eigenvalue weighted by Gasteiger charge is -1.95. The van der Waals surface area contributed by atoms with Gasteiger partial charge in [-0.05, 0) is 17.2 Å². The maximum Gasteiger partial charge on any atom is 0.320 e. The van der Waals surface area contributed by atoms with Crippen molar-refractivity contribution in [1.29, 1.82) is 0 Å². The third-order valence-corrected chi connectivity index (χ3v) is 0.905. The Morgan fingerprint density at radius 3 is 2.70 bits per heavy atom. The summed E-state index contributed by atoms with van der Waals surface area (Å²) in [5.41, 5.74) is 0. The Bertz CT molecular complexity index is 199. The highest BCUT2D eigenvalue weighted by atomic mass is 16.6. The fraction of sp³-hybridized carbons (Fsp3) is 0.600. The SMILES string of the molecule is CCOc1nonc1OC. The van der Waals surface area contributed by atoms with E-state index < -0.39 is 0 Å². The third kappa shape index (κ3) is 1.18. The van der Waals surface area contributed by atoms with Gasteiger partial charge in [-0.2, -0.15) is 0 Å². The maximum atomic E-state index is 4.98. The highest BCUT2D eigenvalue weighted by Crippen LogP contribution is 2.19. The number of aromatic nitrogens is 2. The first-order valence-corrected chi connectivity index (χ1v) is 2.87. The number of hydrogen-bond donors (Lipinski definition) is 0. The molecule has 1 aromatic rings. The molecule has 0 atom stereocenters. The van der Waals surface area contributed by atoms with Gasteiger partial charge in [-0.3, -0.25) is 0 Å². The van der Waals surface area contributed by atoms with Crippen LogP contribution in [0.4, 0.5) is 0 Å². The van der Waals surface area contributed by atoms with Crippen molar-refractivity contribution in [3.8, 4) is 11.8 Å². The molecule has 10 heavy (non-hydrogen) atoms. The van der Waals surface area contributed by atoms with Gasteiger partial charge in [0.2, 0.25) is 0 Å². The van der Waals surface area contributed by atoms with Crippen LogP contribution in [0.5, 0.6) is 11.8 Å². The molecule has 0 saturated carbocycles. The van der Waals surface area contributed by atoms with Crippen LogP contribution in [-0.4, -0.2) is 24.0 Å². The van der Waals surface area contributed by atoms with Crippen molar-refractivity contribution in [2.45, 2.75) is 6.92 Å². The van der Waals surface area contributed by atoms with E-state index in [1.807, 2.05) is 6.92 Å². The summed E-state index contributed by atoms with van der Waals surface area (Å²) in [6.45, 7) is 2.36. The molecule has 0 aliphatic heterocycles. The van der Waals surface area contributed by atoms with Gasteiger partial charge in [-0.15, -0.1) is 0 Å². The Morgan fingerprint density at radius 2 is 2.10 bits per heavy atom. The summed E-state index contributed by atoms with van der Waals surface area (Å²) in [4.78, 5) is 0. The molecule has 0 saturated heterocycles. The van der Waals surface area contributed by atoms with Crippen LogP contribution in [0.25, 0.3) is 0 Å². The number of ether oxygens (including phenoxy) is 2. The predicted octanol–water partition coefficient (Wildman–Crippen LogP) is 0.477. The molecule has 56 valence electrons. The average molecular weight is 144 g/mol. The van der Waals surface area contributed by atoms with Crippen LogP contribution in [0.1, 0.15) is 6.92 Å². The molecular formula is C5H8N2O3. The van der Waals surface area contributed by atoms with E-state index in [2.05, 4.69) is 14.9 Å². The van der Waals surface area contributed by atoms with E-state index >= 15 is 0 Å². The minimum atomic E-state index is 0.279. The zero-order chi connectivity index (χ0) is 7.40. The second kappa shape index (κ2) is 3.05. The zero-order valence-electron chi connectivity index (χ0n) is 5.83. The highest BCUT2D eigenvalue weighted by molar-refractivity contribution is 5.20. The Balaban J connectivity index is 2.70. The summed E-state index contributed by atoms with van der Waals surface area (Å²) >= 11 is 0. The van der Waals surface area contributed by atoms with E-state index in [0.717, 1.165) is 0 Å². The average Bonchev–Trinajstić information content (AvgIpc) is 2.36. The van der Waals surface area contributed by atoms with Crippen LogP contribution in [0.15, 0.2) is 4.63 Å². The van der Waals surface area contributed by atoms with Crippen LogP contribution in [0.3, 0.4) is 0 Å². The minimum absolute atomic E-state index is 0.279. The summed E-state index contributed by atoms with van der Waals surface area (Å²) in [7, 11) is 1.47. The molecule has 0 spiro atoms. The highest BCUT2D eigenvalue weighted by Gasteiger charge is 2.09. The van der Waals surface area contributed by atoms with E-state index in [1.165, 1.54) is 7.11 Å². The summed E-state index contributed by atoms with van der Waals surface area (Å²) in [6.07, 6.45) is 0. The van der Waals surface area contributed by atoms with E-state index in [1.54, 1.807) is 0 Å². The van der Waals surface area contributed by atoms with Gasteiger partial charge < -0.3 is 9.47 Å². The van der Waals surface area contributed by atoms with Gasteiger partial charge in [0.05, 0.1) is 13.7 Å². The Hall–Kier alpha value is -1.26. The van der Waals surface area contributed by atoms with E-state index in [0.29, 0.717) is 12.5 Å². The molecule has 0 fully saturated rings. The van der Waals surface area contributed by atoms with Crippen molar-refractivity contribution in [2.75, 3.05) is 13.7 Å². The first-order valence-electron chi connectivity index (χ1n) is 2.87. The molecule has 0 aliphatic rings. The largest absolute Gasteiger partial charge is 0.475 e. The van der Waals surface area contributed by atoms with Crippen molar-refractivity contribution < 1.29 is 14.1 Å². The van der Waals surface area contributed by atoms with E-state index in [-0.39, 0.29) is 5.88 Å². The lowest BCUT2D eigenvalue weighted by Crippen LogP contribution is -1.93. The normalized spacial score (nSPS) is 9.40. The second-order valence-corrected chi connectivity index (χ2v) is 1.51. The Labute approximate surface area is 57.9 Å². The molecule has 5 nitrogen and oxygen atoms in total. The Kier molecular flexibility index (Phi) is 2.09. The second-order valence-electron chi connectivity index (χ2n) is 1.51. The smallest absolute Gasteiger partial charge is 0.320 e. The monoisotopic (exact) mass is 144 g/mol. The number of methoxy groups -OCH3 is 1. The lowest BCUT2D eigenvalue weighted by molar-refractivity contribution is 0.263. The summed E-state index contributed by atoms with van der Waals surface area (Å²) < 4.78 is 14.1. The zero-order valence-corrected chi connectivity index (χ0v) is 5.83. The fourth-order valence-corrected chi connectivity index (χ4v) is 0.522. The van der Waals surface area contributed by atoms with Crippen molar-refractivity contribution in [3.05, 3.63) is 0 Å². The molecule has 0 unspecified atom stereocenters. The predicted molar refractivity (Wildman–Crippen MR) is 32.0 cm³/mol. The van der Waals surface area contributed by atoms with Gasteiger partial charge >= 0.3 is 11.8 Å². The quantitative estimate of drug-likeness (QED) is 0.617. The fourth-order valence-electron chi connectivity index (χ4n) is 0.522. The van der Waals surface area contributed by atoms with E-state index in [4.69, 9.17) is 9.47 Å². The van der Waals surface area contributed by atoms with Gasteiger partial charge in [0.1, 0.15) is 0 Å². The molecule has 0 amide bonds. The van der Waals surface area contributed by atoms with Crippen LogP contribution in [0, 0.1) is 0 Å². The lowest BCUT2D eigenvalue weighted by atomic mass is 10.7. The molecule has 0 aromatic carbocycles. The van der Waals surface area contributed by atoms with E-state index in [9.17, 15) is 0 Å². The molecule has 0 bridgehead atoms. The maximum absolute atomic E-state index is 4.98.